The van der Waals surface area contributed by atoms with E-state index in [1.54, 1.807) is 0 Å². The molecule has 6 aromatic rings. The van der Waals surface area contributed by atoms with E-state index in [2.05, 4.69) is 70.6 Å². The maximum absolute atomic E-state index is 4.61. The van der Waals surface area contributed by atoms with Gasteiger partial charge in [-0.15, -0.1) is 0 Å². The van der Waals surface area contributed by atoms with Gasteiger partial charge in [0.2, 0.25) is 0 Å². The largest absolute Gasteiger partial charge is 0.256 e. The van der Waals surface area contributed by atoms with Crippen molar-refractivity contribution in [1.82, 2.24) is 9.97 Å². The summed E-state index contributed by atoms with van der Waals surface area (Å²) in [5.74, 6) is 0. The first-order valence-electron chi connectivity index (χ1n) is 9.43. The van der Waals surface area contributed by atoms with E-state index in [-0.39, 0.29) is 0 Å². The molecule has 0 aliphatic carbocycles. The second-order valence-electron chi connectivity index (χ2n) is 7.09. The van der Waals surface area contributed by atoms with Gasteiger partial charge in [0.15, 0.2) is 0 Å². The van der Waals surface area contributed by atoms with Gasteiger partial charge < -0.3 is 0 Å². The van der Waals surface area contributed by atoms with Crippen LogP contribution in [0.2, 0.25) is 0 Å². The molecule has 0 atom stereocenters. The predicted molar refractivity (Wildman–Crippen MR) is 117 cm³/mol. The van der Waals surface area contributed by atoms with Crippen LogP contribution < -0.4 is 0 Å². The molecule has 130 valence electrons. The standard InChI is InChI=1S/C26H16N2/c1-3-13-27-23(11-1)21-15-17-7-6-10-20-22(24-12-2-4-14-28-24)16-18-8-5-9-19(21)25(18)26(17)20/h1-16H. The minimum atomic E-state index is 1.01. The number of hydrogen-bond donors (Lipinski definition) is 0. The molecule has 0 fully saturated rings. The molecule has 4 aromatic carbocycles. The van der Waals surface area contributed by atoms with Gasteiger partial charge in [0.05, 0.1) is 11.4 Å². The fourth-order valence-electron chi connectivity index (χ4n) is 4.32. The lowest BCUT2D eigenvalue weighted by molar-refractivity contribution is 1.33. The maximum Gasteiger partial charge on any atom is 0.0708 e. The summed E-state index contributed by atoms with van der Waals surface area (Å²) in [7, 11) is 0. The zero-order valence-electron chi connectivity index (χ0n) is 15.1. The summed E-state index contributed by atoms with van der Waals surface area (Å²) in [6.07, 6.45) is 3.72. The van der Waals surface area contributed by atoms with Crippen LogP contribution in [0.5, 0.6) is 0 Å². The molecule has 0 saturated carbocycles. The number of benzene rings is 4. The predicted octanol–water partition coefficient (Wildman–Crippen LogP) is 6.71. The average Bonchev–Trinajstić information content (AvgIpc) is 2.78. The van der Waals surface area contributed by atoms with Crippen molar-refractivity contribution in [2.75, 3.05) is 0 Å². The van der Waals surface area contributed by atoms with E-state index in [1.165, 1.54) is 43.4 Å². The molecule has 0 N–H and O–H groups in total. The molecule has 2 aromatic heterocycles. The topological polar surface area (TPSA) is 25.8 Å². The fraction of sp³-hybridized carbons (Fsp3) is 0. The van der Waals surface area contributed by atoms with Crippen molar-refractivity contribution in [2.24, 2.45) is 0 Å². The van der Waals surface area contributed by atoms with E-state index < -0.39 is 0 Å². The summed E-state index contributed by atoms with van der Waals surface area (Å²) in [4.78, 5) is 9.23. The SMILES string of the molecule is c1ccc(-c2cc3cccc4c(-c5ccccn5)cc5cccc2c5c34)nc1. The summed E-state index contributed by atoms with van der Waals surface area (Å²) in [6, 6.07) is 29.8. The van der Waals surface area contributed by atoms with Crippen LogP contribution in [0.25, 0.3) is 54.8 Å². The van der Waals surface area contributed by atoms with Gasteiger partial charge in [-0.2, -0.15) is 0 Å². The van der Waals surface area contributed by atoms with Gasteiger partial charge >= 0.3 is 0 Å². The van der Waals surface area contributed by atoms with E-state index in [1.807, 2.05) is 36.7 Å². The van der Waals surface area contributed by atoms with Crippen LogP contribution in [0.15, 0.2) is 97.3 Å². The molecule has 28 heavy (non-hydrogen) atoms. The van der Waals surface area contributed by atoms with Gasteiger partial charge in [0.25, 0.3) is 0 Å². The van der Waals surface area contributed by atoms with E-state index in [0.717, 1.165) is 11.4 Å². The first-order chi connectivity index (χ1) is 13.9. The summed E-state index contributed by atoms with van der Waals surface area (Å²) >= 11 is 0. The first-order valence-corrected chi connectivity index (χ1v) is 9.43. The Morgan fingerprint density at radius 2 is 0.964 bits per heavy atom. The Hall–Kier alpha value is -3.78. The monoisotopic (exact) mass is 356 g/mol. The number of aromatic nitrogens is 2. The molecule has 2 heteroatoms. The summed E-state index contributed by atoms with van der Waals surface area (Å²) in [6.45, 7) is 0. The van der Waals surface area contributed by atoms with Gasteiger partial charge in [0, 0.05) is 23.5 Å². The third-order valence-electron chi connectivity index (χ3n) is 5.51. The number of hydrogen-bond acceptors (Lipinski definition) is 2. The smallest absolute Gasteiger partial charge is 0.0708 e. The van der Waals surface area contributed by atoms with Crippen LogP contribution in [0.4, 0.5) is 0 Å². The Labute approximate surface area is 162 Å². The van der Waals surface area contributed by atoms with Gasteiger partial charge in [-0.25, -0.2) is 0 Å². The fourth-order valence-corrected chi connectivity index (χ4v) is 4.32. The van der Waals surface area contributed by atoms with Crippen molar-refractivity contribution in [1.29, 1.82) is 0 Å². The summed E-state index contributed by atoms with van der Waals surface area (Å²) in [5, 5.41) is 7.56. The molecule has 0 unspecified atom stereocenters. The third kappa shape index (κ3) is 2.15. The molecule has 0 aliphatic rings. The number of nitrogens with zero attached hydrogens (tertiary/aromatic N) is 2. The highest BCUT2D eigenvalue weighted by Gasteiger charge is 2.16. The zero-order chi connectivity index (χ0) is 18.5. The summed E-state index contributed by atoms with van der Waals surface area (Å²) < 4.78 is 0. The minimum absolute atomic E-state index is 1.01. The van der Waals surface area contributed by atoms with Crippen molar-refractivity contribution in [3.8, 4) is 22.5 Å². The van der Waals surface area contributed by atoms with Crippen molar-refractivity contribution in [3.63, 3.8) is 0 Å². The van der Waals surface area contributed by atoms with Crippen molar-refractivity contribution in [2.45, 2.75) is 0 Å². The molecule has 2 heterocycles. The quantitative estimate of drug-likeness (QED) is 0.322. The van der Waals surface area contributed by atoms with Crippen LogP contribution in [0.3, 0.4) is 0 Å². The van der Waals surface area contributed by atoms with Crippen molar-refractivity contribution in [3.05, 3.63) is 97.3 Å². The highest BCUT2D eigenvalue weighted by Crippen LogP contribution is 2.42. The molecule has 0 aliphatic heterocycles. The Morgan fingerprint density at radius 3 is 1.39 bits per heavy atom. The van der Waals surface area contributed by atoms with Crippen molar-refractivity contribution < 1.29 is 0 Å². The van der Waals surface area contributed by atoms with E-state index >= 15 is 0 Å². The van der Waals surface area contributed by atoms with Crippen LogP contribution in [0, 0.1) is 0 Å². The molecule has 0 bridgehead atoms. The number of rotatable bonds is 2. The normalized spacial score (nSPS) is 11.6. The molecular formula is C26H16N2. The third-order valence-corrected chi connectivity index (χ3v) is 5.51. The first kappa shape index (κ1) is 15.3. The number of pyridine rings is 2. The highest BCUT2D eigenvalue weighted by molar-refractivity contribution is 6.28. The zero-order valence-corrected chi connectivity index (χ0v) is 15.1. The second-order valence-corrected chi connectivity index (χ2v) is 7.09. The van der Waals surface area contributed by atoms with Gasteiger partial charge in [-0.05, 0) is 68.7 Å². The summed E-state index contributed by atoms with van der Waals surface area (Å²) in [5.41, 5.74) is 4.37. The Bertz CT molecular complexity index is 1320. The van der Waals surface area contributed by atoms with E-state index in [4.69, 9.17) is 0 Å². The molecular weight excluding hydrogens is 340 g/mol. The lowest BCUT2D eigenvalue weighted by atomic mass is 9.87. The molecule has 0 saturated heterocycles. The molecule has 0 radical (unpaired) electrons. The molecule has 0 spiro atoms. The van der Waals surface area contributed by atoms with Crippen LogP contribution in [0.1, 0.15) is 0 Å². The van der Waals surface area contributed by atoms with E-state index in [0.29, 0.717) is 0 Å². The lowest BCUT2D eigenvalue weighted by Crippen LogP contribution is -1.92. The Balaban J connectivity index is 1.81. The Kier molecular flexibility index (Phi) is 3.20. The van der Waals surface area contributed by atoms with Crippen molar-refractivity contribution >= 4 is 32.3 Å². The van der Waals surface area contributed by atoms with Crippen LogP contribution in [-0.4, -0.2) is 9.97 Å². The molecule has 6 rings (SSSR count). The molecule has 0 amide bonds. The minimum Gasteiger partial charge on any atom is -0.256 e. The van der Waals surface area contributed by atoms with Crippen LogP contribution >= 0.6 is 0 Å². The average molecular weight is 356 g/mol. The van der Waals surface area contributed by atoms with Crippen LogP contribution in [-0.2, 0) is 0 Å². The molecule has 2 nitrogen and oxygen atoms in total. The Morgan fingerprint density at radius 1 is 0.464 bits per heavy atom. The van der Waals surface area contributed by atoms with Gasteiger partial charge in [0.1, 0.15) is 0 Å². The van der Waals surface area contributed by atoms with Gasteiger partial charge in [-0.1, -0.05) is 48.5 Å². The van der Waals surface area contributed by atoms with Gasteiger partial charge in [-0.3, -0.25) is 9.97 Å². The highest BCUT2D eigenvalue weighted by atomic mass is 14.7. The van der Waals surface area contributed by atoms with E-state index in [9.17, 15) is 0 Å². The lowest BCUT2D eigenvalue weighted by Gasteiger charge is -2.17. The second kappa shape index (κ2) is 5.86. The maximum atomic E-state index is 4.61.